The van der Waals surface area contributed by atoms with E-state index in [9.17, 15) is 4.79 Å². The number of nitrogens with two attached hydrogens (primary N) is 1. The zero-order valence-electron chi connectivity index (χ0n) is 9.07. The predicted molar refractivity (Wildman–Crippen MR) is 64.9 cm³/mol. The summed E-state index contributed by atoms with van der Waals surface area (Å²) in [5.74, 6) is -0.431. The van der Waals surface area contributed by atoms with Crippen molar-refractivity contribution in [2.75, 3.05) is 6.61 Å². The molecule has 0 amide bonds. The van der Waals surface area contributed by atoms with E-state index in [1.807, 2.05) is 6.92 Å². The zero-order chi connectivity index (χ0) is 12.0. The lowest BCUT2D eigenvalue weighted by molar-refractivity contribution is -0.137. The van der Waals surface area contributed by atoms with Crippen LogP contribution in [0.25, 0.3) is 5.70 Å². The average molecular weight is 240 g/mol. The molecule has 0 aliphatic carbocycles. The van der Waals surface area contributed by atoms with Gasteiger partial charge in [0.05, 0.1) is 6.61 Å². The van der Waals surface area contributed by atoms with Crippen LogP contribution in [-0.4, -0.2) is 12.6 Å². The first-order chi connectivity index (χ1) is 7.63. The second-order valence-corrected chi connectivity index (χ2v) is 3.71. The molecule has 0 aromatic heterocycles. The van der Waals surface area contributed by atoms with Gasteiger partial charge in [-0.3, -0.25) is 0 Å². The Hall–Kier alpha value is -1.48. The normalized spacial score (nSPS) is 11.2. The Labute approximate surface area is 99.8 Å². The van der Waals surface area contributed by atoms with Gasteiger partial charge in [0, 0.05) is 16.8 Å². The number of carbonyl (C=O) groups is 1. The van der Waals surface area contributed by atoms with E-state index < -0.39 is 5.97 Å². The van der Waals surface area contributed by atoms with E-state index in [4.69, 9.17) is 22.1 Å². The Morgan fingerprint density at radius 3 is 2.94 bits per heavy atom. The van der Waals surface area contributed by atoms with Crippen LogP contribution in [0.1, 0.15) is 18.9 Å². The SMILES string of the molecule is CCCOC(=O)C=C(N)c1cccc(Cl)c1. The number of hydrogen-bond donors (Lipinski definition) is 1. The summed E-state index contributed by atoms with van der Waals surface area (Å²) in [7, 11) is 0. The van der Waals surface area contributed by atoms with Crippen LogP contribution in [0.4, 0.5) is 0 Å². The Balaban J connectivity index is 2.73. The van der Waals surface area contributed by atoms with Crippen molar-refractivity contribution in [1.82, 2.24) is 0 Å². The van der Waals surface area contributed by atoms with Crippen molar-refractivity contribution in [1.29, 1.82) is 0 Å². The molecule has 1 rings (SSSR count). The van der Waals surface area contributed by atoms with Crippen LogP contribution in [-0.2, 0) is 9.53 Å². The first-order valence-corrected chi connectivity index (χ1v) is 5.41. The van der Waals surface area contributed by atoms with E-state index in [2.05, 4.69) is 0 Å². The molecule has 86 valence electrons. The van der Waals surface area contributed by atoms with E-state index in [1.165, 1.54) is 6.08 Å². The van der Waals surface area contributed by atoms with Gasteiger partial charge in [-0.25, -0.2) is 4.79 Å². The highest BCUT2D eigenvalue weighted by molar-refractivity contribution is 6.30. The van der Waals surface area contributed by atoms with Gasteiger partial charge < -0.3 is 10.5 Å². The molecule has 0 fully saturated rings. The summed E-state index contributed by atoms with van der Waals surface area (Å²) < 4.78 is 4.89. The van der Waals surface area contributed by atoms with E-state index in [-0.39, 0.29) is 0 Å². The minimum absolute atomic E-state index is 0.351. The molecule has 4 heteroatoms. The van der Waals surface area contributed by atoms with Crippen LogP contribution in [0.3, 0.4) is 0 Å². The quantitative estimate of drug-likeness (QED) is 0.649. The number of benzene rings is 1. The third-order valence-corrected chi connectivity index (χ3v) is 2.11. The van der Waals surface area contributed by atoms with Crippen LogP contribution < -0.4 is 5.73 Å². The van der Waals surface area contributed by atoms with Gasteiger partial charge in [0.2, 0.25) is 0 Å². The fourth-order valence-electron chi connectivity index (χ4n) is 1.12. The number of hydrogen-bond acceptors (Lipinski definition) is 3. The Morgan fingerprint density at radius 1 is 1.56 bits per heavy atom. The van der Waals surface area contributed by atoms with Crippen LogP contribution >= 0.6 is 11.6 Å². The topological polar surface area (TPSA) is 52.3 Å². The van der Waals surface area contributed by atoms with Crippen LogP contribution in [0, 0.1) is 0 Å². The summed E-state index contributed by atoms with van der Waals surface area (Å²) in [6.07, 6.45) is 2.05. The predicted octanol–water partition coefficient (Wildman–Crippen LogP) is 2.59. The maximum atomic E-state index is 11.3. The van der Waals surface area contributed by atoms with Gasteiger partial charge in [0.25, 0.3) is 0 Å². The average Bonchev–Trinajstić information content (AvgIpc) is 2.26. The van der Waals surface area contributed by atoms with Gasteiger partial charge >= 0.3 is 5.97 Å². The molecule has 0 spiro atoms. The fourth-order valence-corrected chi connectivity index (χ4v) is 1.31. The highest BCUT2D eigenvalue weighted by atomic mass is 35.5. The fraction of sp³-hybridized carbons (Fsp3) is 0.250. The first kappa shape index (κ1) is 12.6. The van der Waals surface area contributed by atoms with Gasteiger partial charge in [-0.2, -0.15) is 0 Å². The number of esters is 1. The van der Waals surface area contributed by atoms with E-state index >= 15 is 0 Å². The summed E-state index contributed by atoms with van der Waals surface area (Å²) in [6, 6.07) is 6.99. The summed E-state index contributed by atoms with van der Waals surface area (Å²) in [4.78, 5) is 11.3. The smallest absolute Gasteiger partial charge is 0.332 e. The molecule has 0 saturated heterocycles. The number of rotatable bonds is 4. The second kappa shape index (κ2) is 6.18. The third kappa shape index (κ3) is 3.95. The Morgan fingerprint density at radius 2 is 2.31 bits per heavy atom. The minimum Gasteiger partial charge on any atom is -0.462 e. The molecular weight excluding hydrogens is 226 g/mol. The molecule has 0 bridgehead atoms. The van der Waals surface area contributed by atoms with Crippen molar-refractivity contribution in [2.24, 2.45) is 5.73 Å². The molecule has 3 nitrogen and oxygen atoms in total. The molecule has 0 aliphatic rings. The van der Waals surface area contributed by atoms with Crippen molar-refractivity contribution in [3.05, 3.63) is 40.9 Å². The Kier molecular flexibility index (Phi) is 4.86. The van der Waals surface area contributed by atoms with Gasteiger partial charge in [0.1, 0.15) is 0 Å². The molecule has 0 unspecified atom stereocenters. The molecule has 2 N–H and O–H groups in total. The van der Waals surface area contributed by atoms with Crippen molar-refractivity contribution in [2.45, 2.75) is 13.3 Å². The standard InChI is InChI=1S/C12H14ClNO2/c1-2-6-16-12(15)8-11(14)9-4-3-5-10(13)7-9/h3-5,7-8H,2,6,14H2,1H3. The van der Waals surface area contributed by atoms with Gasteiger partial charge in [-0.05, 0) is 24.1 Å². The van der Waals surface area contributed by atoms with Gasteiger partial charge in [-0.1, -0.05) is 30.7 Å². The van der Waals surface area contributed by atoms with E-state index in [1.54, 1.807) is 24.3 Å². The highest BCUT2D eigenvalue weighted by Crippen LogP contribution is 2.15. The summed E-state index contributed by atoms with van der Waals surface area (Å²) >= 11 is 5.81. The first-order valence-electron chi connectivity index (χ1n) is 5.03. The Bertz CT molecular complexity index is 402. The van der Waals surface area contributed by atoms with E-state index in [0.29, 0.717) is 22.9 Å². The maximum absolute atomic E-state index is 11.3. The molecule has 0 aliphatic heterocycles. The lowest BCUT2D eigenvalue weighted by Gasteiger charge is -2.03. The second-order valence-electron chi connectivity index (χ2n) is 3.28. The van der Waals surface area contributed by atoms with Gasteiger partial charge in [-0.15, -0.1) is 0 Å². The summed E-state index contributed by atoms with van der Waals surface area (Å²) in [5, 5.41) is 0.579. The summed E-state index contributed by atoms with van der Waals surface area (Å²) in [5.41, 5.74) is 6.80. The maximum Gasteiger partial charge on any atom is 0.332 e. The van der Waals surface area contributed by atoms with Crippen molar-refractivity contribution < 1.29 is 9.53 Å². The molecule has 1 aromatic carbocycles. The third-order valence-electron chi connectivity index (χ3n) is 1.88. The largest absolute Gasteiger partial charge is 0.462 e. The molecule has 1 aromatic rings. The van der Waals surface area contributed by atoms with Crippen molar-refractivity contribution in [3.63, 3.8) is 0 Å². The lowest BCUT2D eigenvalue weighted by atomic mass is 10.1. The molecule has 0 saturated carbocycles. The molecule has 16 heavy (non-hydrogen) atoms. The molecule has 0 atom stereocenters. The van der Waals surface area contributed by atoms with Crippen LogP contribution in [0.2, 0.25) is 5.02 Å². The number of halogens is 1. The molecule has 0 heterocycles. The lowest BCUT2D eigenvalue weighted by Crippen LogP contribution is -2.06. The number of carbonyl (C=O) groups excluding carboxylic acids is 1. The molecule has 0 radical (unpaired) electrons. The zero-order valence-corrected chi connectivity index (χ0v) is 9.83. The highest BCUT2D eigenvalue weighted by Gasteiger charge is 2.02. The van der Waals surface area contributed by atoms with Crippen molar-refractivity contribution in [3.8, 4) is 0 Å². The van der Waals surface area contributed by atoms with Gasteiger partial charge in [0.15, 0.2) is 0 Å². The minimum atomic E-state index is -0.431. The number of ether oxygens (including phenoxy) is 1. The van der Waals surface area contributed by atoms with Crippen LogP contribution in [0.15, 0.2) is 30.3 Å². The van der Waals surface area contributed by atoms with E-state index in [0.717, 1.165) is 6.42 Å². The summed E-state index contributed by atoms with van der Waals surface area (Å²) in [6.45, 7) is 2.33. The molecular formula is C12H14ClNO2. The van der Waals surface area contributed by atoms with Crippen LogP contribution in [0.5, 0.6) is 0 Å². The van der Waals surface area contributed by atoms with Crippen molar-refractivity contribution >= 4 is 23.3 Å². The monoisotopic (exact) mass is 239 g/mol.